The van der Waals surface area contributed by atoms with Gasteiger partial charge in [-0.05, 0) is 0 Å². The standard InChI is InChI=1S/C10H14N5O7P.Na/c11-8-5-9(13-2-12-8)15(3-14-5)10-7(17)6(16)4(22-10)1-21-23(18,19)20;/h2-4,6-7,10,16-17H,1H2,(H2,11,12,13)(H2,18,19,20);. The Balaban J connectivity index is 0.00000208. The molecule has 1 aliphatic heterocycles. The molecule has 6 N–H and O–H groups in total. The number of rotatable bonds is 4. The van der Waals surface area contributed by atoms with Crippen molar-refractivity contribution >= 4 is 54.4 Å². The summed E-state index contributed by atoms with van der Waals surface area (Å²) in [5, 5.41) is 20.1. The molecule has 0 aliphatic carbocycles. The van der Waals surface area contributed by atoms with Crippen LogP contribution in [0.15, 0.2) is 12.7 Å². The predicted molar refractivity (Wildman–Crippen MR) is 79.4 cm³/mol. The largest absolute Gasteiger partial charge is 0.469 e. The van der Waals surface area contributed by atoms with Crippen LogP contribution in [0.3, 0.4) is 0 Å². The molecule has 4 atom stereocenters. The molecule has 127 valence electrons. The number of ether oxygens (including phenoxy) is 1. The van der Waals surface area contributed by atoms with Gasteiger partial charge < -0.3 is 30.5 Å². The second-order valence-electron chi connectivity index (χ2n) is 4.92. The number of anilines is 1. The first-order chi connectivity index (χ1) is 10.8. The number of aromatic nitrogens is 4. The van der Waals surface area contributed by atoms with Crippen molar-refractivity contribution in [3.63, 3.8) is 0 Å². The summed E-state index contributed by atoms with van der Waals surface area (Å²) < 4.78 is 21.8. The first-order valence-electron chi connectivity index (χ1n) is 6.42. The van der Waals surface area contributed by atoms with E-state index in [0.717, 1.165) is 0 Å². The number of aliphatic hydroxyl groups excluding tert-OH is 2. The van der Waals surface area contributed by atoms with Crippen LogP contribution in [0.4, 0.5) is 5.82 Å². The normalized spacial score (nSPS) is 27.3. The van der Waals surface area contributed by atoms with E-state index < -0.39 is 39.0 Å². The van der Waals surface area contributed by atoms with Gasteiger partial charge in [0.15, 0.2) is 17.7 Å². The Labute approximate surface area is 157 Å². The summed E-state index contributed by atoms with van der Waals surface area (Å²) in [6, 6.07) is 0. The molecule has 0 amide bonds. The first-order valence-corrected chi connectivity index (χ1v) is 7.95. The molecule has 2 aromatic rings. The average Bonchev–Trinajstić information content (AvgIpc) is 3.01. The van der Waals surface area contributed by atoms with Crippen LogP contribution >= 0.6 is 7.82 Å². The van der Waals surface area contributed by atoms with Gasteiger partial charge in [-0.1, -0.05) is 0 Å². The molecular weight excluding hydrogens is 356 g/mol. The quantitative estimate of drug-likeness (QED) is 0.289. The number of hydrogen-bond acceptors (Lipinski definition) is 9. The Morgan fingerprint density at radius 2 is 2.00 bits per heavy atom. The molecule has 4 unspecified atom stereocenters. The number of nitrogens with zero attached hydrogens (tertiary/aromatic N) is 4. The molecule has 0 spiro atoms. The molecule has 1 aliphatic rings. The molecule has 2 aromatic heterocycles. The fourth-order valence-corrected chi connectivity index (χ4v) is 2.66. The fourth-order valence-electron chi connectivity index (χ4n) is 2.32. The van der Waals surface area contributed by atoms with Gasteiger partial charge in [-0.15, -0.1) is 0 Å². The molecule has 0 bridgehead atoms. The van der Waals surface area contributed by atoms with E-state index >= 15 is 0 Å². The third kappa shape index (κ3) is 3.78. The van der Waals surface area contributed by atoms with Crippen molar-refractivity contribution in [3.05, 3.63) is 12.7 Å². The van der Waals surface area contributed by atoms with E-state index in [2.05, 4.69) is 19.5 Å². The van der Waals surface area contributed by atoms with Crippen LogP contribution in [0.5, 0.6) is 0 Å². The third-order valence-electron chi connectivity index (χ3n) is 3.41. The van der Waals surface area contributed by atoms with E-state index in [1.54, 1.807) is 0 Å². The van der Waals surface area contributed by atoms with E-state index in [9.17, 15) is 14.8 Å². The van der Waals surface area contributed by atoms with Gasteiger partial charge >= 0.3 is 7.82 Å². The van der Waals surface area contributed by atoms with Gasteiger partial charge in [0.1, 0.15) is 30.2 Å². The number of phosphoric ester groups is 1. The second-order valence-corrected chi connectivity index (χ2v) is 6.15. The summed E-state index contributed by atoms with van der Waals surface area (Å²) in [6.45, 7) is -0.594. The zero-order chi connectivity index (χ0) is 16.8. The monoisotopic (exact) mass is 370 g/mol. The van der Waals surface area contributed by atoms with Crippen molar-refractivity contribution < 1.29 is 33.8 Å². The Kier molecular flexibility index (Phi) is 5.98. The van der Waals surface area contributed by atoms with E-state index in [4.69, 9.17) is 20.3 Å². The molecule has 1 radical (unpaired) electrons. The number of phosphoric acid groups is 1. The molecule has 1 saturated heterocycles. The van der Waals surface area contributed by atoms with Gasteiger partial charge in [0, 0.05) is 29.6 Å². The molecule has 14 heteroatoms. The smallest absolute Gasteiger partial charge is 0.387 e. The summed E-state index contributed by atoms with van der Waals surface area (Å²) in [6.07, 6.45) is -2.49. The molecule has 3 heterocycles. The summed E-state index contributed by atoms with van der Waals surface area (Å²) in [5.41, 5.74) is 6.25. The third-order valence-corrected chi connectivity index (χ3v) is 3.89. The van der Waals surface area contributed by atoms with Gasteiger partial charge in [-0.2, -0.15) is 0 Å². The zero-order valence-electron chi connectivity index (χ0n) is 12.5. The second kappa shape index (κ2) is 7.30. The van der Waals surface area contributed by atoms with Crippen LogP contribution < -0.4 is 5.73 Å². The molecule has 24 heavy (non-hydrogen) atoms. The first kappa shape index (κ1) is 19.7. The Morgan fingerprint density at radius 1 is 1.29 bits per heavy atom. The van der Waals surface area contributed by atoms with Gasteiger partial charge in [-0.25, -0.2) is 19.5 Å². The van der Waals surface area contributed by atoms with Crippen molar-refractivity contribution in [3.8, 4) is 0 Å². The number of nitrogen functional groups attached to an aromatic ring is 1. The minimum absolute atomic E-state index is 0. The van der Waals surface area contributed by atoms with Gasteiger partial charge in [-0.3, -0.25) is 9.09 Å². The van der Waals surface area contributed by atoms with E-state index in [0.29, 0.717) is 5.52 Å². The van der Waals surface area contributed by atoms with Gasteiger partial charge in [0.2, 0.25) is 0 Å². The van der Waals surface area contributed by atoms with Crippen LogP contribution in [0, 0.1) is 0 Å². The molecule has 1 fully saturated rings. The van der Waals surface area contributed by atoms with E-state index in [1.807, 2.05) is 0 Å². The van der Waals surface area contributed by atoms with Crippen LogP contribution in [0.25, 0.3) is 11.2 Å². The maximum Gasteiger partial charge on any atom is 0.469 e. The average molecular weight is 370 g/mol. The SMILES string of the molecule is Nc1ncnc2c1ncn2C1OC(COP(=O)(O)O)C(O)C1O.[Na]. The van der Waals surface area contributed by atoms with Crippen molar-refractivity contribution in [2.24, 2.45) is 0 Å². The van der Waals surface area contributed by atoms with E-state index in [1.165, 1.54) is 17.2 Å². The Morgan fingerprint density at radius 3 is 2.67 bits per heavy atom. The number of hydrogen-bond donors (Lipinski definition) is 5. The minimum atomic E-state index is -4.72. The molecule has 0 saturated carbocycles. The van der Waals surface area contributed by atoms with Crippen molar-refractivity contribution in [2.75, 3.05) is 12.3 Å². The maximum absolute atomic E-state index is 10.7. The van der Waals surface area contributed by atoms with Crippen molar-refractivity contribution in [2.45, 2.75) is 24.5 Å². The number of nitrogens with two attached hydrogens (primary N) is 1. The van der Waals surface area contributed by atoms with Crippen LogP contribution in [-0.4, -0.2) is 94.0 Å². The molecule has 12 nitrogen and oxygen atoms in total. The van der Waals surface area contributed by atoms with Crippen LogP contribution in [-0.2, 0) is 13.8 Å². The summed E-state index contributed by atoms with van der Waals surface area (Å²) in [5.74, 6) is 0.142. The number of imidazole rings is 1. The Bertz CT molecular complexity index is 769. The number of fused-ring (bicyclic) bond motifs is 1. The zero-order valence-corrected chi connectivity index (χ0v) is 15.4. The van der Waals surface area contributed by atoms with E-state index in [-0.39, 0.29) is 41.0 Å². The van der Waals surface area contributed by atoms with Crippen LogP contribution in [0.2, 0.25) is 0 Å². The van der Waals surface area contributed by atoms with Gasteiger partial charge in [0.05, 0.1) is 12.9 Å². The maximum atomic E-state index is 10.7. The fraction of sp³-hybridized carbons (Fsp3) is 0.500. The molecular formula is C10H14N5NaO7P. The van der Waals surface area contributed by atoms with Crippen LogP contribution in [0.1, 0.15) is 6.23 Å². The number of aliphatic hydroxyl groups is 2. The predicted octanol–water partition coefficient (Wildman–Crippen LogP) is -2.24. The summed E-state index contributed by atoms with van der Waals surface area (Å²) in [7, 11) is -4.72. The molecule has 0 aromatic carbocycles. The molecule has 3 rings (SSSR count). The Hall–Kier alpha value is -0.660. The van der Waals surface area contributed by atoms with Gasteiger partial charge in [0.25, 0.3) is 0 Å². The minimum Gasteiger partial charge on any atom is -0.387 e. The summed E-state index contributed by atoms with van der Waals surface area (Å²) in [4.78, 5) is 29.2. The topological polar surface area (TPSA) is 186 Å². The van der Waals surface area contributed by atoms with Crippen molar-refractivity contribution in [1.82, 2.24) is 19.5 Å². The van der Waals surface area contributed by atoms with Crippen molar-refractivity contribution in [1.29, 1.82) is 0 Å². The summed E-state index contributed by atoms with van der Waals surface area (Å²) >= 11 is 0.